The molecule has 0 aliphatic heterocycles. The van der Waals surface area contributed by atoms with Gasteiger partial charge in [0.25, 0.3) is 0 Å². The second-order valence-electron chi connectivity index (χ2n) is 2.67. The first-order chi connectivity index (χ1) is 6.13. The van der Waals surface area contributed by atoms with E-state index >= 15 is 0 Å². The summed E-state index contributed by atoms with van der Waals surface area (Å²) in [4.78, 5) is 10.3. The zero-order valence-corrected chi connectivity index (χ0v) is 6.93. The van der Waals surface area contributed by atoms with Gasteiger partial charge in [-0.15, -0.1) is 0 Å². The molecule has 13 heavy (non-hydrogen) atoms. The van der Waals surface area contributed by atoms with E-state index in [2.05, 4.69) is 0 Å². The fourth-order valence-electron chi connectivity index (χ4n) is 0.967. The summed E-state index contributed by atoms with van der Waals surface area (Å²) in [6.07, 6.45) is -0.182. The molecule has 5 heteroatoms. The minimum absolute atomic E-state index is 0.182. The number of carboxylic acids is 1. The van der Waals surface area contributed by atoms with Gasteiger partial charge in [-0.1, -0.05) is 0 Å². The standard InChI is InChI=1S/C8H11NO4/c9-6(3-8(11)12)7-2-1-5(4-10)13-7/h1-2,6,10H,3-4,9H2,(H,11,12)/t6-/m0/s1. The van der Waals surface area contributed by atoms with Crippen LogP contribution in [0.2, 0.25) is 0 Å². The smallest absolute Gasteiger partial charge is 0.305 e. The topological polar surface area (TPSA) is 96.7 Å². The van der Waals surface area contributed by atoms with Crippen LogP contribution in [0.1, 0.15) is 24.0 Å². The zero-order valence-electron chi connectivity index (χ0n) is 6.93. The van der Waals surface area contributed by atoms with Crippen molar-refractivity contribution in [2.24, 2.45) is 5.73 Å². The molecular formula is C8H11NO4. The van der Waals surface area contributed by atoms with E-state index < -0.39 is 12.0 Å². The molecule has 5 nitrogen and oxygen atoms in total. The second kappa shape index (κ2) is 4.06. The molecule has 0 aromatic carbocycles. The maximum Gasteiger partial charge on any atom is 0.305 e. The fourth-order valence-corrected chi connectivity index (χ4v) is 0.967. The molecule has 0 fully saturated rings. The van der Waals surface area contributed by atoms with Crippen molar-refractivity contribution in [1.29, 1.82) is 0 Å². The number of aliphatic hydroxyl groups excluding tert-OH is 1. The van der Waals surface area contributed by atoms with Gasteiger partial charge >= 0.3 is 5.97 Å². The Bertz CT molecular complexity index is 294. The molecule has 1 heterocycles. The highest BCUT2D eigenvalue weighted by atomic mass is 16.4. The molecule has 4 N–H and O–H groups in total. The van der Waals surface area contributed by atoms with Gasteiger partial charge in [-0.25, -0.2) is 0 Å². The Labute approximate surface area is 74.8 Å². The molecule has 0 saturated heterocycles. The van der Waals surface area contributed by atoms with E-state index in [-0.39, 0.29) is 13.0 Å². The molecule has 0 saturated carbocycles. The lowest BCUT2D eigenvalue weighted by Crippen LogP contribution is -2.14. The molecule has 0 spiro atoms. The SMILES string of the molecule is N[C@@H](CC(=O)O)c1ccc(CO)o1. The quantitative estimate of drug-likeness (QED) is 0.624. The molecule has 0 aliphatic rings. The summed E-state index contributed by atoms with van der Waals surface area (Å²) in [5.74, 6) is -0.211. The summed E-state index contributed by atoms with van der Waals surface area (Å²) in [6, 6.07) is 2.48. The Morgan fingerprint density at radius 3 is 2.77 bits per heavy atom. The molecule has 0 amide bonds. The van der Waals surface area contributed by atoms with Gasteiger partial charge < -0.3 is 20.4 Å². The molecule has 0 radical (unpaired) electrons. The van der Waals surface area contributed by atoms with Gasteiger partial charge in [0.05, 0.1) is 12.5 Å². The Morgan fingerprint density at radius 2 is 2.31 bits per heavy atom. The van der Waals surface area contributed by atoms with E-state index in [4.69, 9.17) is 20.4 Å². The largest absolute Gasteiger partial charge is 0.481 e. The summed E-state index contributed by atoms with van der Waals surface area (Å²) >= 11 is 0. The van der Waals surface area contributed by atoms with Crippen LogP contribution in [0.15, 0.2) is 16.5 Å². The van der Waals surface area contributed by atoms with Gasteiger partial charge in [0.1, 0.15) is 18.1 Å². The third-order valence-corrected chi connectivity index (χ3v) is 1.60. The van der Waals surface area contributed by atoms with Crippen LogP contribution in [-0.2, 0) is 11.4 Å². The average molecular weight is 185 g/mol. The Morgan fingerprint density at radius 1 is 1.62 bits per heavy atom. The van der Waals surface area contributed by atoms with E-state index in [1.807, 2.05) is 0 Å². The van der Waals surface area contributed by atoms with E-state index in [9.17, 15) is 4.79 Å². The molecule has 0 bridgehead atoms. The van der Waals surface area contributed by atoms with Gasteiger partial charge in [-0.3, -0.25) is 4.79 Å². The van der Waals surface area contributed by atoms with Crippen molar-refractivity contribution >= 4 is 5.97 Å². The predicted molar refractivity (Wildman–Crippen MR) is 43.8 cm³/mol. The van der Waals surface area contributed by atoms with Crippen molar-refractivity contribution in [3.63, 3.8) is 0 Å². The van der Waals surface area contributed by atoms with Gasteiger partial charge in [-0.05, 0) is 12.1 Å². The number of rotatable bonds is 4. The van der Waals surface area contributed by atoms with Crippen LogP contribution in [0.5, 0.6) is 0 Å². The van der Waals surface area contributed by atoms with Gasteiger partial charge in [0, 0.05) is 0 Å². The third-order valence-electron chi connectivity index (χ3n) is 1.60. The number of carboxylic acid groups (broad SMARTS) is 1. The maximum absolute atomic E-state index is 10.3. The van der Waals surface area contributed by atoms with Crippen LogP contribution in [-0.4, -0.2) is 16.2 Å². The van der Waals surface area contributed by atoms with Crippen LogP contribution in [0.4, 0.5) is 0 Å². The number of hydrogen-bond donors (Lipinski definition) is 3. The van der Waals surface area contributed by atoms with Gasteiger partial charge in [-0.2, -0.15) is 0 Å². The van der Waals surface area contributed by atoms with E-state index in [0.29, 0.717) is 11.5 Å². The summed E-state index contributed by atoms with van der Waals surface area (Å²) < 4.78 is 5.06. The van der Waals surface area contributed by atoms with Crippen molar-refractivity contribution < 1.29 is 19.4 Å². The molecule has 1 rings (SSSR count). The number of furan rings is 1. The van der Waals surface area contributed by atoms with E-state index in [0.717, 1.165) is 0 Å². The lowest BCUT2D eigenvalue weighted by molar-refractivity contribution is -0.137. The molecule has 0 unspecified atom stereocenters. The van der Waals surface area contributed by atoms with Crippen molar-refractivity contribution in [1.82, 2.24) is 0 Å². The van der Waals surface area contributed by atoms with Crippen molar-refractivity contribution in [2.75, 3.05) is 0 Å². The zero-order chi connectivity index (χ0) is 9.84. The Kier molecular flexibility index (Phi) is 3.05. The van der Waals surface area contributed by atoms with Gasteiger partial charge in [0.2, 0.25) is 0 Å². The fraction of sp³-hybridized carbons (Fsp3) is 0.375. The summed E-state index contributed by atoms with van der Waals surface area (Å²) in [5, 5.41) is 17.1. The monoisotopic (exact) mass is 185 g/mol. The maximum atomic E-state index is 10.3. The lowest BCUT2D eigenvalue weighted by atomic mass is 10.2. The summed E-state index contributed by atoms with van der Waals surface area (Å²) in [7, 11) is 0. The van der Waals surface area contributed by atoms with Crippen LogP contribution >= 0.6 is 0 Å². The second-order valence-corrected chi connectivity index (χ2v) is 2.67. The first-order valence-corrected chi connectivity index (χ1v) is 3.80. The normalized spacial score (nSPS) is 12.8. The number of aliphatic hydroxyl groups is 1. The third kappa shape index (κ3) is 2.57. The molecule has 0 aliphatic carbocycles. The molecule has 1 aromatic rings. The van der Waals surface area contributed by atoms with E-state index in [1.54, 1.807) is 12.1 Å². The molecule has 1 atom stereocenters. The first-order valence-electron chi connectivity index (χ1n) is 3.80. The van der Waals surface area contributed by atoms with Crippen LogP contribution in [0.25, 0.3) is 0 Å². The van der Waals surface area contributed by atoms with Crippen LogP contribution in [0.3, 0.4) is 0 Å². The lowest BCUT2D eigenvalue weighted by Gasteiger charge is -2.03. The number of carbonyl (C=O) groups is 1. The van der Waals surface area contributed by atoms with Crippen molar-refractivity contribution in [3.8, 4) is 0 Å². The highest BCUT2D eigenvalue weighted by Gasteiger charge is 2.14. The minimum Gasteiger partial charge on any atom is -0.481 e. The van der Waals surface area contributed by atoms with Crippen molar-refractivity contribution in [3.05, 3.63) is 23.7 Å². The van der Waals surface area contributed by atoms with Gasteiger partial charge in [0.15, 0.2) is 0 Å². The number of nitrogens with two attached hydrogens (primary N) is 1. The predicted octanol–water partition coefficient (Wildman–Crippen LogP) is 0.246. The minimum atomic E-state index is -0.977. The highest BCUT2D eigenvalue weighted by molar-refractivity contribution is 5.67. The van der Waals surface area contributed by atoms with Crippen LogP contribution in [0, 0.1) is 0 Å². The molecule has 1 aromatic heterocycles. The Balaban J connectivity index is 2.65. The molecule has 72 valence electrons. The highest BCUT2D eigenvalue weighted by Crippen LogP contribution is 2.17. The first kappa shape index (κ1) is 9.76. The van der Waals surface area contributed by atoms with E-state index in [1.165, 1.54) is 0 Å². The number of hydrogen-bond acceptors (Lipinski definition) is 4. The number of aliphatic carboxylic acids is 1. The molecular weight excluding hydrogens is 174 g/mol. The Hall–Kier alpha value is -1.33. The summed E-state index contributed by atoms with van der Waals surface area (Å²) in [5.41, 5.74) is 5.51. The van der Waals surface area contributed by atoms with Crippen molar-refractivity contribution in [2.45, 2.75) is 19.1 Å². The van der Waals surface area contributed by atoms with Crippen LogP contribution < -0.4 is 5.73 Å². The summed E-state index contributed by atoms with van der Waals surface area (Å²) in [6.45, 7) is -0.209. The average Bonchev–Trinajstić information content (AvgIpc) is 2.50.